The highest BCUT2D eigenvalue weighted by atomic mass is 16.3. The van der Waals surface area contributed by atoms with Crippen molar-refractivity contribution in [3.63, 3.8) is 0 Å². The Morgan fingerprint density at radius 1 is 0.519 bits per heavy atom. The maximum absolute atomic E-state index is 6.86. The van der Waals surface area contributed by atoms with Crippen molar-refractivity contribution in [2.75, 3.05) is 4.90 Å². The van der Waals surface area contributed by atoms with Gasteiger partial charge < -0.3 is 9.32 Å². The minimum absolute atomic E-state index is 0.0639. The monoisotopic (exact) mass is 697 g/mol. The number of furan rings is 1. The molecule has 0 spiro atoms. The number of rotatable bonds is 7. The second-order valence-corrected chi connectivity index (χ2v) is 15.0. The third-order valence-corrected chi connectivity index (χ3v) is 11.8. The fourth-order valence-electron chi connectivity index (χ4n) is 9.20. The molecule has 1 aromatic heterocycles. The first-order valence-corrected chi connectivity index (χ1v) is 19.6. The third kappa shape index (κ3) is 5.83. The van der Waals surface area contributed by atoms with E-state index in [4.69, 9.17) is 4.42 Å². The van der Waals surface area contributed by atoms with E-state index in [1.54, 1.807) is 0 Å². The zero-order valence-electron chi connectivity index (χ0n) is 30.5. The first kappa shape index (κ1) is 32.5. The highest BCUT2D eigenvalue weighted by Gasteiger charge is 2.29. The quantitative estimate of drug-likeness (QED) is 0.165. The number of anilines is 2. The van der Waals surface area contributed by atoms with E-state index in [-0.39, 0.29) is 6.04 Å². The predicted octanol–water partition coefficient (Wildman–Crippen LogP) is 14.7. The van der Waals surface area contributed by atoms with E-state index >= 15 is 0 Å². The lowest BCUT2D eigenvalue weighted by atomic mass is 9.81. The summed E-state index contributed by atoms with van der Waals surface area (Å²) < 4.78 is 6.86. The molecule has 262 valence electrons. The molecule has 0 amide bonds. The molecule has 2 nitrogen and oxygen atoms in total. The summed E-state index contributed by atoms with van der Waals surface area (Å²) in [6, 6.07) is 57.7. The van der Waals surface area contributed by atoms with Gasteiger partial charge in [0.2, 0.25) is 0 Å². The molecular weight excluding hydrogens is 655 g/mol. The van der Waals surface area contributed by atoms with Gasteiger partial charge in [-0.15, -0.1) is 0 Å². The maximum atomic E-state index is 6.86. The lowest BCUT2D eigenvalue weighted by molar-refractivity contribution is 0.446. The van der Waals surface area contributed by atoms with Crippen LogP contribution in [0.1, 0.15) is 55.6 Å². The largest absolute Gasteiger partial charge is 0.455 e. The molecule has 0 N–H and O–H groups in total. The second-order valence-electron chi connectivity index (χ2n) is 15.0. The Hall–Kier alpha value is -6.12. The van der Waals surface area contributed by atoms with Crippen LogP contribution in [0.5, 0.6) is 0 Å². The van der Waals surface area contributed by atoms with Gasteiger partial charge >= 0.3 is 0 Å². The lowest BCUT2D eigenvalue weighted by Crippen LogP contribution is -2.33. The lowest BCUT2D eigenvalue weighted by Gasteiger charge is -2.37. The van der Waals surface area contributed by atoms with Crippen LogP contribution < -0.4 is 4.90 Å². The first-order valence-electron chi connectivity index (χ1n) is 19.6. The Kier molecular flexibility index (Phi) is 8.45. The minimum atomic E-state index is 0.0639. The van der Waals surface area contributed by atoms with Crippen molar-refractivity contribution >= 4 is 49.7 Å². The molecule has 54 heavy (non-hydrogen) atoms. The van der Waals surface area contributed by atoms with E-state index in [2.05, 4.69) is 181 Å². The van der Waals surface area contributed by atoms with Gasteiger partial charge in [-0.3, -0.25) is 0 Å². The SMILES string of the molecule is C1=CCC(N(c2ccc(-c3ccccc3)cc2)c2ccc(-c3ccccc3)cc2)C(c2cccc3oc4c5ccccc5c(C5CCCCC5)cc4c23)=C1. The third-order valence-electron chi connectivity index (χ3n) is 11.8. The molecule has 2 aliphatic carbocycles. The van der Waals surface area contributed by atoms with Gasteiger partial charge in [-0.05, 0) is 106 Å². The van der Waals surface area contributed by atoms with E-state index in [1.165, 1.54) is 104 Å². The molecule has 1 unspecified atom stereocenters. The molecule has 8 aromatic rings. The van der Waals surface area contributed by atoms with Crippen molar-refractivity contribution in [1.29, 1.82) is 0 Å². The van der Waals surface area contributed by atoms with Gasteiger partial charge in [-0.1, -0.05) is 159 Å². The Bertz CT molecular complexity index is 2560. The fraction of sp³-hybridized carbons (Fsp3) is 0.154. The number of benzene rings is 7. The van der Waals surface area contributed by atoms with E-state index < -0.39 is 0 Å². The molecule has 0 radical (unpaired) electrons. The average molecular weight is 698 g/mol. The number of hydrogen-bond donors (Lipinski definition) is 0. The molecule has 1 heterocycles. The highest BCUT2D eigenvalue weighted by molar-refractivity contribution is 6.19. The predicted molar refractivity (Wildman–Crippen MR) is 228 cm³/mol. The summed E-state index contributed by atoms with van der Waals surface area (Å²) in [5.41, 5.74) is 13.2. The van der Waals surface area contributed by atoms with Gasteiger partial charge in [0, 0.05) is 27.5 Å². The Labute approximate surface area is 317 Å². The van der Waals surface area contributed by atoms with E-state index in [0.29, 0.717) is 5.92 Å². The summed E-state index contributed by atoms with van der Waals surface area (Å²) in [6.07, 6.45) is 14.3. The van der Waals surface area contributed by atoms with E-state index in [1.807, 2.05) is 0 Å². The van der Waals surface area contributed by atoms with Crippen molar-refractivity contribution in [3.05, 3.63) is 187 Å². The second kappa shape index (κ2) is 14.0. The fourth-order valence-corrected chi connectivity index (χ4v) is 9.20. The zero-order valence-corrected chi connectivity index (χ0v) is 30.5. The van der Waals surface area contributed by atoms with Gasteiger partial charge in [0.1, 0.15) is 11.2 Å². The number of hydrogen-bond acceptors (Lipinski definition) is 2. The number of nitrogens with zero attached hydrogens (tertiary/aromatic N) is 1. The summed E-state index contributed by atoms with van der Waals surface area (Å²) in [5, 5.41) is 5.03. The van der Waals surface area contributed by atoms with Crippen LogP contribution in [0.3, 0.4) is 0 Å². The molecule has 0 bridgehead atoms. The molecule has 2 aliphatic rings. The van der Waals surface area contributed by atoms with Crippen molar-refractivity contribution < 1.29 is 4.42 Å². The Morgan fingerprint density at radius 2 is 1.11 bits per heavy atom. The topological polar surface area (TPSA) is 16.4 Å². The number of fused-ring (bicyclic) bond motifs is 5. The standard InChI is InChI=1S/C52H43NO/c1-4-15-36(16-5-1)38-27-31-41(32-28-38)53(42-33-29-39(30-34-42)37-17-6-2-7-18-37)49-25-13-12-22-44(49)45-24-14-26-50-51(45)48-35-47(40-19-8-3-9-20-40)43-21-10-11-23-46(43)52(48)54-50/h1-2,4-7,10-18,21-24,26-35,40,49H,3,8-9,19-20,25H2. The van der Waals surface area contributed by atoms with Crippen LogP contribution >= 0.6 is 0 Å². The van der Waals surface area contributed by atoms with Crippen LogP contribution in [-0.2, 0) is 0 Å². The maximum Gasteiger partial charge on any atom is 0.143 e. The van der Waals surface area contributed by atoms with Crippen molar-refractivity contribution in [1.82, 2.24) is 0 Å². The van der Waals surface area contributed by atoms with Gasteiger partial charge in [0.15, 0.2) is 0 Å². The van der Waals surface area contributed by atoms with Crippen LogP contribution in [0, 0.1) is 0 Å². The summed E-state index contributed by atoms with van der Waals surface area (Å²) in [6.45, 7) is 0. The van der Waals surface area contributed by atoms with Crippen LogP contribution in [0.2, 0.25) is 0 Å². The number of allylic oxidation sites excluding steroid dienone is 2. The molecule has 2 heteroatoms. The highest BCUT2D eigenvalue weighted by Crippen LogP contribution is 2.46. The summed E-state index contributed by atoms with van der Waals surface area (Å²) in [5.74, 6) is 0.586. The molecular formula is C52H43NO. The van der Waals surface area contributed by atoms with Crippen LogP contribution in [0.25, 0.3) is 60.5 Å². The van der Waals surface area contributed by atoms with Gasteiger partial charge in [0.05, 0.1) is 6.04 Å². The molecule has 10 rings (SSSR count). The van der Waals surface area contributed by atoms with Gasteiger partial charge in [-0.25, -0.2) is 0 Å². The summed E-state index contributed by atoms with van der Waals surface area (Å²) in [7, 11) is 0. The zero-order chi connectivity index (χ0) is 35.8. The Balaban J connectivity index is 1.13. The average Bonchev–Trinajstić information content (AvgIpc) is 3.64. The van der Waals surface area contributed by atoms with Crippen molar-refractivity contribution in [2.24, 2.45) is 0 Å². The smallest absolute Gasteiger partial charge is 0.143 e. The van der Waals surface area contributed by atoms with Gasteiger partial charge in [0.25, 0.3) is 0 Å². The van der Waals surface area contributed by atoms with Crippen molar-refractivity contribution in [3.8, 4) is 22.3 Å². The first-order chi connectivity index (χ1) is 26.8. The van der Waals surface area contributed by atoms with E-state index in [0.717, 1.165) is 17.6 Å². The van der Waals surface area contributed by atoms with E-state index in [9.17, 15) is 0 Å². The minimum Gasteiger partial charge on any atom is -0.455 e. The molecule has 1 saturated carbocycles. The van der Waals surface area contributed by atoms with Crippen LogP contribution in [0.15, 0.2) is 180 Å². The molecule has 7 aromatic carbocycles. The summed E-state index contributed by atoms with van der Waals surface area (Å²) >= 11 is 0. The molecule has 0 aliphatic heterocycles. The summed E-state index contributed by atoms with van der Waals surface area (Å²) in [4.78, 5) is 2.54. The van der Waals surface area contributed by atoms with Crippen LogP contribution in [-0.4, -0.2) is 6.04 Å². The normalized spacial score (nSPS) is 16.2. The van der Waals surface area contributed by atoms with Crippen molar-refractivity contribution in [2.45, 2.75) is 50.5 Å². The van der Waals surface area contributed by atoms with Gasteiger partial charge in [-0.2, -0.15) is 0 Å². The molecule has 1 fully saturated rings. The Morgan fingerprint density at radius 3 is 1.76 bits per heavy atom. The molecule has 0 saturated heterocycles. The molecule has 1 atom stereocenters. The van der Waals surface area contributed by atoms with Crippen LogP contribution in [0.4, 0.5) is 11.4 Å².